The minimum atomic E-state index is -1.74. The van der Waals surface area contributed by atoms with Crippen LogP contribution in [0.2, 0.25) is 0 Å². The van der Waals surface area contributed by atoms with Crippen LogP contribution in [-0.4, -0.2) is 12.3 Å². The second kappa shape index (κ2) is 4.92. The maximum Gasteiger partial charge on any atom is 0.192 e. The highest BCUT2D eigenvalue weighted by Crippen LogP contribution is 2.26. The van der Waals surface area contributed by atoms with E-state index in [9.17, 15) is 4.57 Å². The Labute approximate surface area is 63.8 Å². The Morgan fingerprint density at radius 3 is 2.10 bits per heavy atom. The van der Waals surface area contributed by atoms with Gasteiger partial charge < -0.3 is 4.52 Å². The van der Waals surface area contributed by atoms with Crippen molar-refractivity contribution in [1.82, 2.24) is 0 Å². The Kier molecular flexibility index (Phi) is 5.02. The predicted molar refractivity (Wildman–Crippen MR) is 44.9 cm³/mol. The Morgan fingerprint density at radius 1 is 1.30 bits per heavy atom. The van der Waals surface area contributed by atoms with Gasteiger partial charge in [0.15, 0.2) is 8.03 Å². The van der Waals surface area contributed by atoms with E-state index in [1.165, 1.54) is 0 Å². The minimum absolute atomic E-state index is 0.102. The van der Waals surface area contributed by atoms with E-state index in [1.54, 1.807) is 0 Å². The van der Waals surface area contributed by atoms with Gasteiger partial charge in [0.05, 0.1) is 6.10 Å². The Balaban J connectivity index is 3.44. The molecular formula is C7H17O2P. The highest BCUT2D eigenvalue weighted by molar-refractivity contribution is 7.39. The third-order valence-electron chi connectivity index (χ3n) is 0.942. The summed E-state index contributed by atoms with van der Waals surface area (Å²) in [6, 6.07) is 0. The van der Waals surface area contributed by atoms with Crippen LogP contribution in [0.1, 0.15) is 27.7 Å². The molecule has 2 nitrogen and oxygen atoms in total. The topological polar surface area (TPSA) is 26.3 Å². The van der Waals surface area contributed by atoms with E-state index >= 15 is 0 Å². The first-order valence-corrected chi connectivity index (χ1v) is 5.24. The first-order valence-electron chi connectivity index (χ1n) is 3.72. The average Bonchev–Trinajstić information content (AvgIpc) is 1.58. The van der Waals surface area contributed by atoms with Gasteiger partial charge in [0.25, 0.3) is 0 Å². The summed E-state index contributed by atoms with van der Waals surface area (Å²) in [4.78, 5) is 0. The zero-order valence-corrected chi connectivity index (χ0v) is 8.18. The van der Waals surface area contributed by atoms with Crippen LogP contribution in [0.4, 0.5) is 0 Å². The van der Waals surface area contributed by atoms with Gasteiger partial charge in [0.2, 0.25) is 0 Å². The van der Waals surface area contributed by atoms with Crippen LogP contribution in [-0.2, 0) is 9.09 Å². The zero-order valence-electron chi connectivity index (χ0n) is 7.18. The summed E-state index contributed by atoms with van der Waals surface area (Å²) in [5.74, 6) is 0.477. The molecule has 0 bridgehead atoms. The number of rotatable bonds is 4. The third kappa shape index (κ3) is 6.31. The van der Waals surface area contributed by atoms with Crippen molar-refractivity contribution < 1.29 is 9.09 Å². The quantitative estimate of drug-likeness (QED) is 0.597. The first-order chi connectivity index (χ1) is 4.52. The third-order valence-corrected chi connectivity index (χ3v) is 2.83. The average molecular weight is 164 g/mol. The molecule has 0 aromatic rings. The maximum absolute atomic E-state index is 11.0. The van der Waals surface area contributed by atoms with Crippen LogP contribution in [0.25, 0.3) is 0 Å². The molecule has 0 saturated heterocycles. The van der Waals surface area contributed by atoms with Gasteiger partial charge in [-0.1, -0.05) is 13.8 Å². The molecule has 3 heteroatoms. The number of hydrogen-bond acceptors (Lipinski definition) is 2. The molecule has 0 fully saturated rings. The van der Waals surface area contributed by atoms with Gasteiger partial charge in [0, 0.05) is 6.16 Å². The van der Waals surface area contributed by atoms with Crippen molar-refractivity contribution in [2.75, 3.05) is 6.16 Å². The molecule has 0 radical (unpaired) electrons. The van der Waals surface area contributed by atoms with Crippen molar-refractivity contribution in [3.05, 3.63) is 0 Å². The lowest BCUT2D eigenvalue weighted by Gasteiger charge is -2.08. The normalized spacial score (nSPS) is 14.6. The Morgan fingerprint density at radius 2 is 1.80 bits per heavy atom. The summed E-state index contributed by atoms with van der Waals surface area (Å²) in [6.07, 6.45) is 0.813. The molecule has 0 spiro atoms. The summed E-state index contributed by atoms with van der Waals surface area (Å²) in [5, 5.41) is 0. The summed E-state index contributed by atoms with van der Waals surface area (Å²) in [7, 11) is -1.74. The molecule has 0 aromatic carbocycles. The van der Waals surface area contributed by atoms with E-state index in [2.05, 4.69) is 0 Å². The molecule has 0 heterocycles. The first kappa shape index (κ1) is 10.2. The summed E-state index contributed by atoms with van der Waals surface area (Å²) < 4.78 is 16.1. The van der Waals surface area contributed by atoms with E-state index in [1.807, 2.05) is 27.7 Å². The van der Waals surface area contributed by atoms with E-state index in [-0.39, 0.29) is 6.10 Å². The molecular weight excluding hydrogens is 147 g/mol. The van der Waals surface area contributed by atoms with Gasteiger partial charge in [-0.2, -0.15) is 0 Å². The molecule has 0 aliphatic carbocycles. The van der Waals surface area contributed by atoms with Gasteiger partial charge in [-0.3, -0.25) is 4.57 Å². The van der Waals surface area contributed by atoms with Gasteiger partial charge >= 0.3 is 0 Å². The molecule has 0 aliphatic rings. The molecule has 10 heavy (non-hydrogen) atoms. The molecule has 0 amide bonds. The molecule has 0 saturated carbocycles. The summed E-state index contributed by atoms with van der Waals surface area (Å²) >= 11 is 0. The van der Waals surface area contributed by atoms with Crippen molar-refractivity contribution >= 4 is 8.03 Å². The van der Waals surface area contributed by atoms with E-state index in [4.69, 9.17) is 4.52 Å². The molecule has 1 atom stereocenters. The smallest absolute Gasteiger partial charge is 0.192 e. The fourth-order valence-electron chi connectivity index (χ4n) is 0.644. The monoisotopic (exact) mass is 164 g/mol. The maximum atomic E-state index is 11.0. The highest BCUT2D eigenvalue weighted by Gasteiger charge is 2.04. The SMILES string of the molecule is CC(C)C[PH](=O)OC(C)C. The van der Waals surface area contributed by atoms with Crippen LogP contribution in [0, 0.1) is 5.92 Å². The molecule has 0 N–H and O–H groups in total. The molecule has 1 unspecified atom stereocenters. The lowest BCUT2D eigenvalue weighted by atomic mass is 10.3. The van der Waals surface area contributed by atoms with E-state index in [0.29, 0.717) is 12.1 Å². The fraction of sp³-hybridized carbons (Fsp3) is 1.00. The summed E-state index contributed by atoms with van der Waals surface area (Å²) in [6.45, 7) is 7.91. The standard InChI is InChI=1S/C7H17O2P/c1-6(2)5-10(8)9-7(3)4/h6-7,10H,5H2,1-4H3. The molecule has 0 aliphatic heterocycles. The molecule has 0 rings (SSSR count). The van der Waals surface area contributed by atoms with Crippen molar-refractivity contribution in [1.29, 1.82) is 0 Å². The van der Waals surface area contributed by atoms with Crippen molar-refractivity contribution in [2.24, 2.45) is 5.92 Å². The zero-order chi connectivity index (χ0) is 8.15. The van der Waals surface area contributed by atoms with E-state index in [0.717, 1.165) is 0 Å². The van der Waals surface area contributed by atoms with Gasteiger partial charge in [-0.25, -0.2) is 0 Å². The van der Waals surface area contributed by atoms with Gasteiger partial charge in [-0.05, 0) is 19.8 Å². The largest absolute Gasteiger partial charge is 0.328 e. The van der Waals surface area contributed by atoms with Crippen molar-refractivity contribution in [3.63, 3.8) is 0 Å². The Hall–Kier alpha value is 0.190. The summed E-state index contributed by atoms with van der Waals surface area (Å²) in [5.41, 5.74) is 0. The van der Waals surface area contributed by atoms with Crippen LogP contribution >= 0.6 is 8.03 Å². The predicted octanol–water partition coefficient (Wildman–Crippen LogP) is 2.54. The van der Waals surface area contributed by atoms with Crippen molar-refractivity contribution in [3.8, 4) is 0 Å². The Bertz CT molecular complexity index is 98.2. The number of hydrogen-bond donors (Lipinski definition) is 0. The van der Waals surface area contributed by atoms with Gasteiger partial charge in [-0.15, -0.1) is 0 Å². The molecule has 0 aromatic heterocycles. The van der Waals surface area contributed by atoms with Crippen molar-refractivity contribution in [2.45, 2.75) is 33.8 Å². The highest BCUT2D eigenvalue weighted by atomic mass is 31.1. The second-order valence-corrected chi connectivity index (χ2v) is 4.52. The van der Waals surface area contributed by atoms with E-state index < -0.39 is 8.03 Å². The minimum Gasteiger partial charge on any atom is -0.328 e. The van der Waals surface area contributed by atoms with Crippen LogP contribution < -0.4 is 0 Å². The van der Waals surface area contributed by atoms with Crippen LogP contribution in [0.15, 0.2) is 0 Å². The fourth-order valence-corrected chi connectivity index (χ4v) is 1.93. The lowest BCUT2D eigenvalue weighted by molar-refractivity contribution is 0.254. The van der Waals surface area contributed by atoms with Crippen LogP contribution in [0.3, 0.4) is 0 Å². The lowest BCUT2D eigenvalue weighted by Crippen LogP contribution is -1.98. The van der Waals surface area contributed by atoms with Gasteiger partial charge in [0.1, 0.15) is 0 Å². The van der Waals surface area contributed by atoms with Crippen LogP contribution in [0.5, 0.6) is 0 Å². The molecule has 62 valence electrons. The second-order valence-electron chi connectivity index (χ2n) is 3.14.